The van der Waals surface area contributed by atoms with Gasteiger partial charge in [0, 0.05) is 38.3 Å². The van der Waals surface area contributed by atoms with Gasteiger partial charge in [0.05, 0.1) is 13.7 Å². The van der Waals surface area contributed by atoms with Gasteiger partial charge in [-0.1, -0.05) is 36.6 Å². The summed E-state index contributed by atoms with van der Waals surface area (Å²) in [5.41, 5.74) is 0.918. The summed E-state index contributed by atoms with van der Waals surface area (Å²) in [4.78, 5) is 9.63. The highest BCUT2D eigenvalue weighted by atomic mass is 16.5. The topological polar surface area (TPSA) is 54.6 Å². The number of hydrogen-bond acceptors (Lipinski definition) is 6. The van der Waals surface area contributed by atoms with Crippen LogP contribution in [0.25, 0.3) is 11.4 Å². The molecule has 2 aliphatic rings. The van der Waals surface area contributed by atoms with E-state index >= 15 is 0 Å². The SMILES string of the molecule is COc1cccc(-c2noc(CN3CCN(CC4CCCCC4)CC3)n2)c1. The van der Waals surface area contributed by atoms with Gasteiger partial charge in [0.1, 0.15) is 5.75 Å². The summed E-state index contributed by atoms with van der Waals surface area (Å²) in [6, 6.07) is 7.76. The zero-order chi connectivity index (χ0) is 18.5. The second-order valence-electron chi connectivity index (χ2n) is 7.82. The summed E-state index contributed by atoms with van der Waals surface area (Å²) in [5, 5.41) is 4.14. The predicted molar refractivity (Wildman–Crippen MR) is 105 cm³/mol. The van der Waals surface area contributed by atoms with E-state index in [0.29, 0.717) is 11.7 Å². The molecule has 2 fully saturated rings. The molecule has 6 nitrogen and oxygen atoms in total. The molecule has 6 heteroatoms. The van der Waals surface area contributed by atoms with Crippen LogP contribution in [0.15, 0.2) is 28.8 Å². The summed E-state index contributed by atoms with van der Waals surface area (Å²) in [5.74, 6) is 3.04. The van der Waals surface area contributed by atoms with Crippen molar-refractivity contribution in [2.45, 2.75) is 38.6 Å². The number of rotatable bonds is 6. The molecule has 0 N–H and O–H groups in total. The zero-order valence-corrected chi connectivity index (χ0v) is 16.3. The van der Waals surface area contributed by atoms with E-state index in [1.54, 1.807) is 7.11 Å². The minimum atomic E-state index is 0.625. The molecule has 0 radical (unpaired) electrons. The number of nitrogens with zero attached hydrogens (tertiary/aromatic N) is 4. The van der Waals surface area contributed by atoms with Crippen molar-refractivity contribution in [3.63, 3.8) is 0 Å². The van der Waals surface area contributed by atoms with E-state index in [1.807, 2.05) is 24.3 Å². The molecule has 1 aliphatic carbocycles. The molecule has 4 rings (SSSR count). The zero-order valence-electron chi connectivity index (χ0n) is 16.3. The fraction of sp³-hybridized carbons (Fsp3) is 0.619. The second kappa shape index (κ2) is 8.85. The third-order valence-electron chi connectivity index (χ3n) is 5.86. The fourth-order valence-electron chi connectivity index (χ4n) is 4.25. The van der Waals surface area contributed by atoms with Gasteiger partial charge in [0.25, 0.3) is 0 Å². The van der Waals surface area contributed by atoms with Crippen LogP contribution in [0.3, 0.4) is 0 Å². The van der Waals surface area contributed by atoms with Crippen molar-refractivity contribution in [1.29, 1.82) is 0 Å². The standard InChI is InChI=1S/C21H30N4O2/c1-26-19-9-5-8-18(14-19)21-22-20(27-23-21)16-25-12-10-24(11-13-25)15-17-6-3-2-4-7-17/h5,8-9,14,17H,2-4,6-7,10-13,15-16H2,1H3. The normalized spacial score (nSPS) is 20.0. The minimum Gasteiger partial charge on any atom is -0.497 e. The lowest BCUT2D eigenvalue weighted by molar-refractivity contribution is 0.0978. The van der Waals surface area contributed by atoms with Gasteiger partial charge in [0.15, 0.2) is 0 Å². The maximum absolute atomic E-state index is 5.49. The van der Waals surface area contributed by atoms with E-state index in [9.17, 15) is 0 Å². The molecule has 0 amide bonds. The summed E-state index contributed by atoms with van der Waals surface area (Å²) >= 11 is 0. The van der Waals surface area contributed by atoms with Gasteiger partial charge in [-0.2, -0.15) is 4.98 Å². The largest absolute Gasteiger partial charge is 0.497 e. The van der Waals surface area contributed by atoms with Gasteiger partial charge >= 0.3 is 0 Å². The quantitative estimate of drug-likeness (QED) is 0.776. The second-order valence-corrected chi connectivity index (χ2v) is 7.82. The Kier molecular flexibility index (Phi) is 6.04. The molecule has 146 valence electrons. The van der Waals surface area contributed by atoms with Crippen LogP contribution in [0, 0.1) is 5.92 Å². The van der Waals surface area contributed by atoms with Crippen molar-refractivity contribution in [2.24, 2.45) is 5.92 Å². The first-order valence-electron chi connectivity index (χ1n) is 10.2. The van der Waals surface area contributed by atoms with Crippen molar-refractivity contribution in [3.8, 4) is 17.1 Å². The van der Waals surface area contributed by atoms with Gasteiger partial charge in [-0.25, -0.2) is 0 Å². The lowest BCUT2D eigenvalue weighted by Gasteiger charge is -2.36. The van der Waals surface area contributed by atoms with Crippen LogP contribution in [0.5, 0.6) is 5.75 Å². The summed E-state index contributed by atoms with van der Waals surface area (Å²) in [6.07, 6.45) is 7.14. The van der Waals surface area contributed by atoms with Gasteiger partial charge in [-0.15, -0.1) is 0 Å². The van der Waals surface area contributed by atoms with E-state index in [-0.39, 0.29) is 0 Å². The molecular weight excluding hydrogens is 340 g/mol. The third kappa shape index (κ3) is 4.87. The Hall–Kier alpha value is -1.92. The number of benzene rings is 1. The van der Waals surface area contributed by atoms with Crippen LogP contribution >= 0.6 is 0 Å². The van der Waals surface area contributed by atoms with E-state index < -0.39 is 0 Å². The van der Waals surface area contributed by atoms with Gasteiger partial charge in [0.2, 0.25) is 11.7 Å². The highest BCUT2D eigenvalue weighted by molar-refractivity contribution is 5.56. The molecule has 1 saturated heterocycles. The van der Waals surface area contributed by atoms with Crippen LogP contribution in [0.4, 0.5) is 0 Å². The van der Waals surface area contributed by atoms with Gasteiger partial charge in [-0.05, 0) is 30.9 Å². The lowest BCUT2D eigenvalue weighted by atomic mass is 9.89. The van der Waals surface area contributed by atoms with Crippen molar-refractivity contribution in [3.05, 3.63) is 30.2 Å². The highest BCUT2D eigenvalue weighted by Crippen LogP contribution is 2.25. The number of ether oxygens (including phenoxy) is 1. The van der Waals surface area contributed by atoms with Gasteiger partial charge in [-0.3, -0.25) is 4.90 Å². The molecule has 1 aromatic carbocycles. The van der Waals surface area contributed by atoms with E-state index in [1.165, 1.54) is 38.6 Å². The molecule has 1 aromatic heterocycles. The fourth-order valence-corrected chi connectivity index (χ4v) is 4.25. The van der Waals surface area contributed by atoms with Crippen molar-refractivity contribution >= 4 is 0 Å². The Labute approximate surface area is 161 Å². The predicted octanol–water partition coefficient (Wildman–Crippen LogP) is 3.44. The molecule has 1 aliphatic heterocycles. The first-order valence-corrected chi connectivity index (χ1v) is 10.2. The summed E-state index contributed by atoms with van der Waals surface area (Å²) in [7, 11) is 1.66. The molecule has 0 bridgehead atoms. The molecule has 0 unspecified atom stereocenters. The monoisotopic (exact) mass is 370 g/mol. The number of piperazine rings is 1. The van der Waals surface area contributed by atoms with Crippen LogP contribution in [-0.4, -0.2) is 59.8 Å². The van der Waals surface area contributed by atoms with Crippen molar-refractivity contribution in [2.75, 3.05) is 39.8 Å². The number of aromatic nitrogens is 2. The minimum absolute atomic E-state index is 0.625. The van der Waals surface area contributed by atoms with Crippen LogP contribution in [-0.2, 0) is 6.54 Å². The maximum atomic E-state index is 5.49. The van der Waals surface area contributed by atoms with Crippen molar-refractivity contribution < 1.29 is 9.26 Å². The molecule has 2 heterocycles. The third-order valence-corrected chi connectivity index (χ3v) is 5.86. The smallest absolute Gasteiger partial charge is 0.241 e. The first-order chi connectivity index (χ1) is 13.3. The molecular formula is C21H30N4O2. The number of hydrogen-bond donors (Lipinski definition) is 0. The van der Waals surface area contributed by atoms with Crippen LogP contribution in [0.2, 0.25) is 0 Å². The molecule has 0 atom stereocenters. The number of methoxy groups -OCH3 is 1. The Balaban J connectivity index is 1.27. The Morgan fingerprint density at radius 1 is 1.07 bits per heavy atom. The summed E-state index contributed by atoms with van der Waals surface area (Å²) < 4.78 is 10.8. The highest BCUT2D eigenvalue weighted by Gasteiger charge is 2.22. The van der Waals surface area contributed by atoms with E-state index in [0.717, 1.165) is 50.0 Å². The Morgan fingerprint density at radius 2 is 1.85 bits per heavy atom. The van der Waals surface area contributed by atoms with Crippen molar-refractivity contribution in [1.82, 2.24) is 19.9 Å². The Bertz CT molecular complexity index is 718. The molecule has 2 aromatic rings. The van der Waals surface area contributed by atoms with Crippen LogP contribution in [0.1, 0.15) is 38.0 Å². The average Bonchev–Trinajstić information content (AvgIpc) is 3.19. The molecule has 27 heavy (non-hydrogen) atoms. The molecule has 1 saturated carbocycles. The van der Waals surface area contributed by atoms with E-state index in [2.05, 4.69) is 19.9 Å². The van der Waals surface area contributed by atoms with E-state index in [4.69, 9.17) is 9.26 Å². The van der Waals surface area contributed by atoms with Gasteiger partial charge < -0.3 is 14.2 Å². The first kappa shape index (κ1) is 18.4. The maximum Gasteiger partial charge on any atom is 0.241 e. The summed E-state index contributed by atoms with van der Waals surface area (Å²) in [6.45, 7) is 6.45. The Morgan fingerprint density at radius 3 is 2.63 bits per heavy atom. The van der Waals surface area contributed by atoms with Crippen LogP contribution < -0.4 is 4.74 Å². The average molecular weight is 370 g/mol. The lowest BCUT2D eigenvalue weighted by Crippen LogP contribution is -2.47. The molecule has 0 spiro atoms.